The Hall–Kier alpha value is -0.0000000000000000555. The van der Waals surface area contributed by atoms with E-state index in [9.17, 15) is 13.2 Å². The molecule has 0 aliphatic carbocycles. The fourth-order valence-electron chi connectivity index (χ4n) is 1.21. The first kappa shape index (κ1) is 12.0. The number of aliphatic hydroxyl groups is 1. The minimum Gasteiger partial charge on any atom is -0.391 e. The van der Waals surface area contributed by atoms with Gasteiger partial charge in [-0.1, -0.05) is 0 Å². The van der Waals surface area contributed by atoms with Crippen LogP contribution in [0.3, 0.4) is 0 Å². The van der Waals surface area contributed by atoms with Crippen molar-refractivity contribution in [3.05, 3.63) is 0 Å². The number of rotatable bonds is 0. The fourth-order valence-corrected chi connectivity index (χ4v) is 1.21. The highest BCUT2D eigenvalue weighted by molar-refractivity contribution is 5.85. The summed E-state index contributed by atoms with van der Waals surface area (Å²) in [6, 6.07) is -1.73. The van der Waals surface area contributed by atoms with E-state index in [1.165, 1.54) is 0 Å². The molecule has 0 spiro atoms. The molecule has 2 atom stereocenters. The van der Waals surface area contributed by atoms with Crippen LogP contribution in [-0.4, -0.2) is 30.0 Å². The van der Waals surface area contributed by atoms with Crippen LogP contribution >= 0.6 is 12.4 Å². The Labute approximate surface area is 74.6 Å². The molecule has 0 amide bonds. The minimum atomic E-state index is -4.32. The molecule has 1 aliphatic heterocycles. The Morgan fingerprint density at radius 1 is 1.33 bits per heavy atom. The summed E-state index contributed by atoms with van der Waals surface area (Å²) in [6.45, 7) is 0.335. The first-order valence-corrected chi connectivity index (χ1v) is 3.50. The van der Waals surface area contributed by atoms with E-state index in [1.54, 1.807) is 0 Å². The van der Waals surface area contributed by atoms with E-state index in [0.29, 0.717) is 13.0 Å². The van der Waals surface area contributed by atoms with Crippen LogP contribution in [0, 0.1) is 0 Å². The number of nitrogens with one attached hydrogen (secondary N) is 1. The number of halogens is 4. The molecule has 0 bridgehead atoms. The Kier molecular flexibility index (Phi) is 4.30. The molecule has 2 N–H and O–H groups in total. The van der Waals surface area contributed by atoms with E-state index in [1.807, 2.05) is 0 Å². The Balaban J connectivity index is 0.00000121. The maximum atomic E-state index is 12.0. The molecule has 74 valence electrons. The van der Waals surface area contributed by atoms with Crippen molar-refractivity contribution in [2.75, 3.05) is 6.54 Å². The third kappa shape index (κ3) is 2.80. The van der Waals surface area contributed by atoms with Gasteiger partial charge in [-0.05, 0) is 19.4 Å². The summed E-state index contributed by atoms with van der Waals surface area (Å²) >= 11 is 0. The first-order chi connectivity index (χ1) is 5.02. The highest BCUT2D eigenvalue weighted by Gasteiger charge is 2.44. The van der Waals surface area contributed by atoms with Gasteiger partial charge in [0.25, 0.3) is 0 Å². The minimum absolute atomic E-state index is 0. The van der Waals surface area contributed by atoms with Gasteiger partial charge in [-0.3, -0.25) is 0 Å². The van der Waals surface area contributed by atoms with Crippen LogP contribution in [0.5, 0.6) is 0 Å². The molecule has 0 aromatic carbocycles. The molecule has 1 fully saturated rings. The summed E-state index contributed by atoms with van der Waals surface area (Å²) in [5.41, 5.74) is 0. The molecule has 1 rings (SSSR count). The van der Waals surface area contributed by atoms with Crippen LogP contribution in [0.25, 0.3) is 0 Å². The maximum Gasteiger partial charge on any atom is 0.406 e. The van der Waals surface area contributed by atoms with E-state index in [4.69, 9.17) is 5.11 Å². The molecule has 0 saturated carbocycles. The third-order valence-electron chi connectivity index (χ3n) is 1.78. The van der Waals surface area contributed by atoms with Gasteiger partial charge in [-0.2, -0.15) is 13.2 Å². The molecule has 0 unspecified atom stereocenters. The van der Waals surface area contributed by atoms with Gasteiger partial charge in [-0.15, -0.1) is 12.4 Å². The van der Waals surface area contributed by atoms with Gasteiger partial charge in [0.05, 0.1) is 6.10 Å². The average molecular weight is 206 g/mol. The van der Waals surface area contributed by atoms with Gasteiger partial charge in [0.1, 0.15) is 6.04 Å². The molecule has 2 nitrogen and oxygen atoms in total. The lowest BCUT2D eigenvalue weighted by atomic mass is 10.0. The molecular formula is C6H11ClF3NO. The van der Waals surface area contributed by atoms with Crippen LogP contribution in [0.1, 0.15) is 12.8 Å². The zero-order valence-electron chi connectivity index (χ0n) is 6.27. The van der Waals surface area contributed by atoms with Crippen LogP contribution in [0.2, 0.25) is 0 Å². The van der Waals surface area contributed by atoms with Crippen LogP contribution in [0.4, 0.5) is 13.2 Å². The quantitative estimate of drug-likeness (QED) is 0.621. The standard InChI is InChI=1S/C6H10F3NO.ClH/c7-6(8,9)5-4(11)2-1-3-10-5;/h4-5,10-11H,1-3H2;1H/t4-,5-;/m1./s1. The summed E-state index contributed by atoms with van der Waals surface area (Å²) in [5, 5.41) is 11.2. The zero-order valence-corrected chi connectivity index (χ0v) is 7.08. The first-order valence-electron chi connectivity index (χ1n) is 3.50. The fraction of sp³-hybridized carbons (Fsp3) is 1.00. The van der Waals surface area contributed by atoms with Crippen molar-refractivity contribution < 1.29 is 18.3 Å². The number of alkyl halides is 3. The lowest BCUT2D eigenvalue weighted by molar-refractivity contribution is -0.182. The highest BCUT2D eigenvalue weighted by Crippen LogP contribution is 2.26. The van der Waals surface area contributed by atoms with E-state index in [-0.39, 0.29) is 18.8 Å². The van der Waals surface area contributed by atoms with Gasteiger partial charge in [0, 0.05) is 0 Å². The van der Waals surface area contributed by atoms with Crippen LogP contribution in [0.15, 0.2) is 0 Å². The lowest BCUT2D eigenvalue weighted by Crippen LogP contribution is -2.53. The number of hydrogen-bond donors (Lipinski definition) is 2. The molecule has 1 saturated heterocycles. The molecular weight excluding hydrogens is 195 g/mol. The van der Waals surface area contributed by atoms with Crippen molar-refractivity contribution in [1.82, 2.24) is 5.32 Å². The van der Waals surface area contributed by atoms with E-state index >= 15 is 0 Å². The van der Waals surface area contributed by atoms with Crippen molar-refractivity contribution >= 4 is 12.4 Å². The lowest BCUT2D eigenvalue weighted by Gasteiger charge is -2.30. The second kappa shape index (κ2) is 4.30. The van der Waals surface area contributed by atoms with Crippen LogP contribution in [-0.2, 0) is 0 Å². The van der Waals surface area contributed by atoms with Crippen molar-refractivity contribution in [3.8, 4) is 0 Å². The Morgan fingerprint density at radius 3 is 2.25 bits per heavy atom. The average Bonchev–Trinajstić information content (AvgIpc) is 1.86. The second-order valence-corrected chi connectivity index (χ2v) is 2.68. The predicted octanol–water partition coefficient (Wildman–Crippen LogP) is 1.08. The van der Waals surface area contributed by atoms with E-state index in [0.717, 1.165) is 0 Å². The molecule has 0 aromatic heterocycles. The SMILES string of the molecule is Cl.O[C@@H]1CCCN[C@H]1C(F)(F)F. The van der Waals surface area contributed by atoms with Crippen molar-refractivity contribution in [3.63, 3.8) is 0 Å². The topological polar surface area (TPSA) is 32.3 Å². The molecule has 1 heterocycles. The smallest absolute Gasteiger partial charge is 0.391 e. The maximum absolute atomic E-state index is 12.0. The number of piperidine rings is 1. The van der Waals surface area contributed by atoms with Crippen molar-refractivity contribution in [2.24, 2.45) is 0 Å². The highest BCUT2D eigenvalue weighted by atomic mass is 35.5. The van der Waals surface area contributed by atoms with Gasteiger partial charge in [0.2, 0.25) is 0 Å². The van der Waals surface area contributed by atoms with Gasteiger partial charge in [0.15, 0.2) is 0 Å². The second-order valence-electron chi connectivity index (χ2n) is 2.68. The summed E-state index contributed by atoms with van der Waals surface area (Å²) < 4.78 is 35.9. The van der Waals surface area contributed by atoms with Crippen LogP contribution < -0.4 is 5.32 Å². The van der Waals surface area contributed by atoms with E-state index < -0.39 is 18.3 Å². The summed E-state index contributed by atoms with van der Waals surface area (Å²) in [5.74, 6) is 0. The van der Waals surface area contributed by atoms with Gasteiger partial charge in [-0.25, -0.2) is 0 Å². The predicted molar refractivity (Wildman–Crippen MR) is 40.3 cm³/mol. The van der Waals surface area contributed by atoms with Crippen molar-refractivity contribution in [1.29, 1.82) is 0 Å². The summed E-state index contributed by atoms with van der Waals surface area (Å²) in [7, 11) is 0. The monoisotopic (exact) mass is 205 g/mol. The summed E-state index contributed by atoms with van der Waals surface area (Å²) in [6.07, 6.45) is -4.76. The largest absolute Gasteiger partial charge is 0.406 e. The molecule has 1 aliphatic rings. The Bertz CT molecular complexity index is 141. The number of hydrogen-bond acceptors (Lipinski definition) is 2. The summed E-state index contributed by atoms with van der Waals surface area (Å²) in [4.78, 5) is 0. The van der Waals surface area contributed by atoms with Crippen molar-refractivity contribution in [2.45, 2.75) is 31.2 Å². The molecule has 0 aromatic rings. The van der Waals surface area contributed by atoms with E-state index in [2.05, 4.69) is 5.32 Å². The normalized spacial score (nSPS) is 31.0. The molecule has 0 radical (unpaired) electrons. The Morgan fingerprint density at radius 2 is 1.92 bits per heavy atom. The van der Waals surface area contributed by atoms with Gasteiger partial charge >= 0.3 is 6.18 Å². The number of aliphatic hydroxyl groups excluding tert-OH is 1. The third-order valence-corrected chi connectivity index (χ3v) is 1.78. The molecule has 6 heteroatoms. The molecule has 12 heavy (non-hydrogen) atoms. The van der Waals surface area contributed by atoms with Gasteiger partial charge < -0.3 is 10.4 Å². The zero-order chi connectivity index (χ0) is 8.48.